The van der Waals surface area contributed by atoms with Crippen LogP contribution in [0, 0.1) is 0 Å². The summed E-state index contributed by atoms with van der Waals surface area (Å²) in [5.74, 6) is -0.931. The van der Waals surface area contributed by atoms with Crippen molar-refractivity contribution in [3.63, 3.8) is 0 Å². The Balaban J connectivity index is 1.80. The molecule has 0 bridgehead atoms. The van der Waals surface area contributed by atoms with Gasteiger partial charge < -0.3 is 11.1 Å². The lowest BCUT2D eigenvalue weighted by Crippen LogP contribution is -2.17. The molecule has 0 atom stereocenters. The van der Waals surface area contributed by atoms with E-state index in [0.29, 0.717) is 16.9 Å². The van der Waals surface area contributed by atoms with Gasteiger partial charge in [-0.2, -0.15) is 0 Å². The average Bonchev–Trinajstić information content (AvgIpc) is 3.17. The van der Waals surface area contributed by atoms with Crippen molar-refractivity contribution in [3.05, 3.63) is 57.7 Å². The molecule has 5 nitrogen and oxygen atoms in total. The quantitative estimate of drug-likeness (QED) is 0.770. The maximum atomic E-state index is 12.2. The van der Waals surface area contributed by atoms with Crippen LogP contribution in [0.15, 0.2) is 46.5 Å². The van der Waals surface area contributed by atoms with Crippen molar-refractivity contribution in [3.8, 4) is 10.6 Å². The fourth-order valence-corrected chi connectivity index (χ4v) is 3.44. The summed E-state index contributed by atoms with van der Waals surface area (Å²) in [6.45, 7) is 0. The predicted octanol–water partition coefficient (Wildman–Crippen LogP) is 3.22. The molecule has 2 heterocycles. The van der Waals surface area contributed by atoms with Crippen LogP contribution in [0.25, 0.3) is 10.6 Å². The second-order valence-electron chi connectivity index (χ2n) is 4.42. The van der Waals surface area contributed by atoms with E-state index in [-0.39, 0.29) is 5.91 Å². The van der Waals surface area contributed by atoms with E-state index in [4.69, 9.17) is 5.73 Å². The zero-order chi connectivity index (χ0) is 15.5. The normalized spacial score (nSPS) is 10.4. The molecule has 110 valence electrons. The predicted molar refractivity (Wildman–Crippen MR) is 88.3 cm³/mol. The molecule has 0 aliphatic carbocycles. The first kappa shape index (κ1) is 14.4. The Bertz CT molecular complexity index is 824. The Labute approximate surface area is 134 Å². The van der Waals surface area contributed by atoms with Gasteiger partial charge in [0, 0.05) is 21.7 Å². The largest absolute Gasteiger partial charge is 0.366 e. The molecule has 0 aliphatic heterocycles. The number of hydrogen-bond acceptors (Lipinski definition) is 5. The topological polar surface area (TPSA) is 85.1 Å². The second kappa shape index (κ2) is 6.08. The van der Waals surface area contributed by atoms with Crippen molar-refractivity contribution in [2.75, 3.05) is 5.32 Å². The van der Waals surface area contributed by atoms with Crippen LogP contribution in [0.3, 0.4) is 0 Å². The maximum Gasteiger partial charge on any atom is 0.275 e. The summed E-state index contributed by atoms with van der Waals surface area (Å²) in [4.78, 5) is 27.8. The Kier molecular flexibility index (Phi) is 3.99. The molecule has 0 unspecified atom stereocenters. The number of carbonyl (C=O) groups is 2. The minimum Gasteiger partial charge on any atom is -0.366 e. The highest BCUT2D eigenvalue weighted by Crippen LogP contribution is 2.25. The number of aromatic nitrogens is 1. The van der Waals surface area contributed by atoms with E-state index in [9.17, 15) is 9.59 Å². The number of thiazole rings is 1. The van der Waals surface area contributed by atoms with Gasteiger partial charge in [0.2, 0.25) is 0 Å². The van der Waals surface area contributed by atoms with Gasteiger partial charge in [-0.1, -0.05) is 30.3 Å². The molecule has 0 saturated carbocycles. The molecule has 2 aromatic heterocycles. The van der Waals surface area contributed by atoms with Crippen molar-refractivity contribution < 1.29 is 9.59 Å². The van der Waals surface area contributed by atoms with Crippen molar-refractivity contribution >= 4 is 40.2 Å². The molecule has 3 rings (SSSR count). The van der Waals surface area contributed by atoms with E-state index >= 15 is 0 Å². The number of carbonyl (C=O) groups excluding carboxylic acids is 2. The van der Waals surface area contributed by atoms with E-state index in [0.717, 1.165) is 10.6 Å². The fourth-order valence-electron chi connectivity index (χ4n) is 1.86. The monoisotopic (exact) mass is 329 g/mol. The molecule has 2 amide bonds. The van der Waals surface area contributed by atoms with Gasteiger partial charge in [0.25, 0.3) is 11.8 Å². The fraction of sp³-hybridized carbons (Fsp3) is 0. The number of primary amides is 1. The van der Waals surface area contributed by atoms with Crippen LogP contribution >= 0.6 is 22.7 Å². The lowest BCUT2D eigenvalue weighted by atomic mass is 10.2. The first-order chi connectivity index (χ1) is 10.6. The zero-order valence-corrected chi connectivity index (χ0v) is 12.9. The van der Waals surface area contributed by atoms with Crippen molar-refractivity contribution in [1.82, 2.24) is 4.98 Å². The van der Waals surface area contributed by atoms with Crippen LogP contribution < -0.4 is 11.1 Å². The van der Waals surface area contributed by atoms with Crippen molar-refractivity contribution in [1.29, 1.82) is 0 Å². The summed E-state index contributed by atoms with van der Waals surface area (Å²) in [5.41, 5.74) is 7.24. The second-order valence-corrected chi connectivity index (χ2v) is 6.02. The van der Waals surface area contributed by atoms with Crippen LogP contribution in [-0.4, -0.2) is 16.8 Å². The summed E-state index contributed by atoms with van der Waals surface area (Å²) in [5, 5.41) is 8.40. The standard InChI is InChI=1S/C15H11N3O2S2/c16-13(19)10-6-21-7-11(10)17-14(20)12-8-22-15(18-12)9-4-2-1-3-5-9/h1-8H,(H2,16,19)(H,17,20). The number of hydrogen-bond donors (Lipinski definition) is 2. The molecular weight excluding hydrogens is 318 g/mol. The van der Waals surface area contributed by atoms with Crippen LogP contribution in [0.5, 0.6) is 0 Å². The number of amides is 2. The van der Waals surface area contributed by atoms with E-state index in [1.165, 1.54) is 22.7 Å². The average molecular weight is 329 g/mol. The number of rotatable bonds is 4. The zero-order valence-electron chi connectivity index (χ0n) is 11.3. The lowest BCUT2D eigenvalue weighted by Gasteiger charge is -2.02. The Morgan fingerprint density at radius 1 is 1.09 bits per heavy atom. The lowest BCUT2D eigenvalue weighted by molar-refractivity contribution is 0.100. The van der Waals surface area contributed by atoms with Gasteiger partial charge in [-0.05, 0) is 0 Å². The highest BCUT2D eigenvalue weighted by atomic mass is 32.1. The molecular formula is C15H11N3O2S2. The first-order valence-corrected chi connectivity index (χ1v) is 8.15. The SMILES string of the molecule is NC(=O)c1cscc1NC(=O)c1csc(-c2ccccc2)n1. The van der Waals surface area contributed by atoms with Gasteiger partial charge in [0.1, 0.15) is 10.7 Å². The molecule has 0 aliphatic rings. The van der Waals surface area contributed by atoms with Crippen LogP contribution in [-0.2, 0) is 0 Å². The molecule has 3 N–H and O–H groups in total. The highest BCUT2D eigenvalue weighted by Gasteiger charge is 2.16. The highest BCUT2D eigenvalue weighted by molar-refractivity contribution is 7.13. The summed E-state index contributed by atoms with van der Waals surface area (Å²) in [6.07, 6.45) is 0. The first-order valence-electron chi connectivity index (χ1n) is 6.33. The maximum absolute atomic E-state index is 12.2. The smallest absolute Gasteiger partial charge is 0.275 e. The minimum absolute atomic E-state index is 0.303. The Morgan fingerprint density at radius 3 is 2.59 bits per heavy atom. The van der Waals surface area contributed by atoms with Gasteiger partial charge in [-0.25, -0.2) is 4.98 Å². The molecule has 22 heavy (non-hydrogen) atoms. The number of thiophene rings is 1. The molecule has 0 radical (unpaired) electrons. The summed E-state index contributed by atoms with van der Waals surface area (Å²) >= 11 is 2.69. The summed E-state index contributed by atoms with van der Waals surface area (Å²) < 4.78 is 0. The number of benzene rings is 1. The molecule has 1 aromatic carbocycles. The van der Waals surface area contributed by atoms with Crippen molar-refractivity contribution in [2.45, 2.75) is 0 Å². The molecule has 0 fully saturated rings. The van der Waals surface area contributed by atoms with E-state index in [2.05, 4.69) is 10.3 Å². The molecule has 3 aromatic rings. The van der Waals surface area contributed by atoms with E-state index in [1.54, 1.807) is 16.1 Å². The minimum atomic E-state index is -0.570. The number of nitrogens with two attached hydrogens (primary N) is 1. The summed E-state index contributed by atoms with van der Waals surface area (Å²) in [6, 6.07) is 9.63. The number of nitrogens with one attached hydrogen (secondary N) is 1. The van der Waals surface area contributed by atoms with Gasteiger partial charge in [0.05, 0.1) is 11.3 Å². The van der Waals surface area contributed by atoms with Gasteiger partial charge in [0.15, 0.2) is 0 Å². The summed E-state index contributed by atoms with van der Waals surface area (Å²) in [7, 11) is 0. The number of nitrogens with zero attached hydrogens (tertiary/aromatic N) is 1. The van der Waals surface area contributed by atoms with E-state index in [1.807, 2.05) is 30.3 Å². The van der Waals surface area contributed by atoms with Crippen LogP contribution in [0.1, 0.15) is 20.8 Å². The van der Waals surface area contributed by atoms with E-state index < -0.39 is 5.91 Å². The Hall–Kier alpha value is -2.51. The van der Waals surface area contributed by atoms with Gasteiger partial charge >= 0.3 is 0 Å². The third-order valence-corrected chi connectivity index (χ3v) is 4.57. The molecule has 0 spiro atoms. The van der Waals surface area contributed by atoms with Gasteiger partial charge in [-0.3, -0.25) is 9.59 Å². The molecule has 7 heteroatoms. The van der Waals surface area contributed by atoms with Crippen LogP contribution in [0.2, 0.25) is 0 Å². The van der Waals surface area contributed by atoms with Crippen molar-refractivity contribution in [2.24, 2.45) is 5.73 Å². The Morgan fingerprint density at radius 2 is 1.86 bits per heavy atom. The third-order valence-electron chi connectivity index (χ3n) is 2.93. The molecule has 0 saturated heterocycles. The van der Waals surface area contributed by atoms with Gasteiger partial charge in [-0.15, -0.1) is 22.7 Å². The number of anilines is 1. The third kappa shape index (κ3) is 2.90. The van der Waals surface area contributed by atoms with Crippen LogP contribution in [0.4, 0.5) is 5.69 Å².